The summed E-state index contributed by atoms with van der Waals surface area (Å²) >= 11 is 0. The predicted molar refractivity (Wildman–Crippen MR) is 288 cm³/mol. The van der Waals surface area contributed by atoms with E-state index >= 15 is 0 Å². The molecule has 0 saturated heterocycles. The van der Waals surface area contributed by atoms with E-state index in [0.29, 0.717) is 6.61 Å². The van der Waals surface area contributed by atoms with Gasteiger partial charge in [-0.2, -0.15) is 0 Å². The van der Waals surface area contributed by atoms with E-state index < -0.39 is 137 Å². The minimum absolute atomic E-state index is 0.166. The van der Waals surface area contributed by atoms with Crippen molar-refractivity contribution in [2.75, 3.05) is 20.3 Å². The van der Waals surface area contributed by atoms with Crippen molar-refractivity contribution in [3.8, 4) is 11.1 Å². The second-order valence-electron chi connectivity index (χ2n) is 19.3. The summed E-state index contributed by atoms with van der Waals surface area (Å²) in [5.74, 6) is -0.944. The summed E-state index contributed by atoms with van der Waals surface area (Å²) in [7, 11) is -5.51. The van der Waals surface area contributed by atoms with Gasteiger partial charge in [0.05, 0.1) is 0 Å². The summed E-state index contributed by atoms with van der Waals surface area (Å²) in [5, 5.41) is 3.40. The van der Waals surface area contributed by atoms with Crippen LogP contribution in [-0.4, -0.2) is 130 Å². The quantitative estimate of drug-likeness (QED) is 0.0840. The molecule has 0 heterocycles. The fourth-order valence-electron chi connectivity index (χ4n) is 10.6. The largest absolute Gasteiger partial charge is 0.436 e. The number of fused-ring (bicyclic) bond motifs is 3. The van der Waals surface area contributed by atoms with E-state index in [2.05, 4.69) is 137 Å². The zero-order valence-electron chi connectivity index (χ0n) is 43.4. The number of ether oxygens (including phenoxy) is 2. The van der Waals surface area contributed by atoms with Crippen molar-refractivity contribution in [3.63, 3.8) is 0 Å². The number of alkyl carbamates (subject to hydrolysis) is 1. The van der Waals surface area contributed by atoms with Gasteiger partial charge < -0.3 is 50.2 Å². The van der Waals surface area contributed by atoms with Crippen molar-refractivity contribution in [1.29, 1.82) is 0 Å². The van der Waals surface area contributed by atoms with Crippen LogP contribution in [-0.2, 0) is 44.9 Å². The van der Waals surface area contributed by atoms with Crippen molar-refractivity contribution >= 4 is 84.2 Å². The number of hydrogen-bond donors (Lipinski definition) is 1. The maximum atomic E-state index is 14.7. The lowest BCUT2D eigenvalue weighted by atomic mass is 9.48. The summed E-state index contributed by atoms with van der Waals surface area (Å²) in [4.78, 5) is 14.7. The lowest BCUT2D eigenvalue weighted by Crippen LogP contribution is -2.63. The molecule has 20 heteroatoms. The third kappa shape index (κ3) is 14.1. The third-order valence-corrected chi connectivity index (χ3v) is 18.8. The van der Waals surface area contributed by atoms with Crippen LogP contribution in [0.1, 0.15) is 72.6 Å². The van der Waals surface area contributed by atoms with Crippen molar-refractivity contribution in [2.45, 2.75) is 139 Å². The second-order valence-corrected chi connectivity index (χ2v) is 26.6. The highest BCUT2D eigenvalue weighted by Gasteiger charge is 2.61. The third-order valence-electron chi connectivity index (χ3n) is 13.7. The average molecular weight is 1040 g/mol. The first-order valence-corrected chi connectivity index (χ1v) is 40.3. The molecule has 65 heavy (non-hydrogen) atoms. The molecule has 0 spiro atoms. The Hall–Kier alpha value is -0.915. The van der Waals surface area contributed by atoms with Gasteiger partial charge in [-0.05, 0) is 34.8 Å². The molecule has 0 aromatic heterocycles. The second kappa shape index (κ2) is 27.5. The number of rotatable bonds is 32. The molecule has 12 nitrogen and oxygen atoms in total. The molecule has 0 fully saturated rings. The summed E-state index contributed by atoms with van der Waals surface area (Å²) in [6.45, 7) is 36.4. The van der Waals surface area contributed by atoms with Crippen molar-refractivity contribution < 1.29 is 49.7 Å². The molecule has 1 N–H and O–H groups in total. The van der Waals surface area contributed by atoms with Crippen molar-refractivity contribution in [2.24, 2.45) is 45.3 Å². The summed E-state index contributed by atoms with van der Waals surface area (Å²) in [5.41, 5.74) is 1.65. The zero-order chi connectivity index (χ0) is 48.6. The zero-order valence-corrected chi connectivity index (χ0v) is 54.7. The molecule has 0 saturated carbocycles. The van der Waals surface area contributed by atoms with Gasteiger partial charge in [-0.15, -0.1) is 0 Å². The Kier molecular flexibility index (Phi) is 24.7. The normalized spacial score (nSPS) is 18.8. The van der Waals surface area contributed by atoms with Crippen LogP contribution in [0.25, 0.3) is 11.1 Å². The molecule has 372 valence electrons. The molecule has 3 rings (SSSR count). The van der Waals surface area contributed by atoms with Crippen LogP contribution < -0.4 is 5.32 Å². The number of nitrogens with one attached hydrogen (secondary N) is 1. The van der Waals surface area contributed by atoms with E-state index in [4.69, 9.17) is 44.9 Å². The van der Waals surface area contributed by atoms with Crippen LogP contribution in [0.5, 0.6) is 0 Å². The number of amides is 1. The predicted octanol–water partition coefficient (Wildman–Crippen LogP) is 4.19. The molecule has 2 aromatic carbocycles. The van der Waals surface area contributed by atoms with Gasteiger partial charge in [-0.1, -0.05) is 156 Å². The lowest BCUT2D eigenvalue weighted by Gasteiger charge is -2.60. The number of hydrogen-bond acceptors (Lipinski definition) is 11. The van der Waals surface area contributed by atoms with Gasteiger partial charge in [-0.3, -0.25) is 0 Å². The van der Waals surface area contributed by atoms with E-state index in [9.17, 15) is 4.79 Å². The van der Waals surface area contributed by atoms with Gasteiger partial charge in [0.1, 0.15) is 25.2 Å². The smallest absolute Gasteiger partial charge is 0.408 e. The summed E-state index contributed by atoms with van der Waals surface area (Å²) in [6.07, 6.45) is -2.93. The molecule has 4 unspecified atom stereocenters. The first kappa shape index (κ1) is 58.4. The molecule has 0 bridgehead atoms. The van der Waals surface area contributed by atoms with Crippen LogP contribution in [0, 0.1) is 45.3 Å². The van der Waals surface area contributed by atoms with Gasteiger partial charge in [0.2, 0.25) is 0 Å². The maximum absolute atomic E-state index is 14.7. The van der Waals surface area contributed by atoms with Gasteiger partial charge >= 0.3 is 6.09 Å². The van der Waals surface area contributed by atoms with Crippen LogP contribution in [0.15, 0.2) is 48.5 Å². The number of carbonyl (C=O) groups excluding carboxylic acids is 1. The Labute approximate surface area is 412 Å². The summed E-state index contributed by atoms with van der Waals surface area (Å²) in [6, 6.07) is 16.4. The molecule has 1 aliphatic carbocycles. The number of benzene rings is 2. The highest BCUT2D eigenvalue weighted by atomic mass is 28.2. The van der Waals surface area contributed by atoms with Gasteiger partial charge in [0.25, 0.3) is 0 Å². The molecule has 4 atom stereocenters. The van der Waals surface area contributed by atoms with Crippen LogP contribution >= 0.6 is 0 Å². The monoisotopic (exact) mass is 1040 g/mol. The molecule has 0 radical (unpaired) electrons. The van der Waals surface area contributed by atoms with E-state index in [1.165, 1.54) is 0 Å². The fraction of sp³-hybridized carbons (Fsp3) is 0.711. The minimum Gasteiger partial charge on any atom is -0.436 e. The first-order valence-electron chi connectivity index (χ1n) is 24.4. The molecule has 1 aliphatic rings. The van der Waals surface area contributed by atoms with E-state index in [1.807, 2.05) is 24.3 Å². The lowest BCUT2D eigenvalue weighted by molar-refractivity contribution is -0.232. The van der Waals surface area contributed by atoms with E-state index in [1.54, 1.807) is 7.11 Å². The fourth-order valence-corrected chi connectivity index (χ4v) is 18.0. The first-order chi connectivity index (χ1) is 30.9. The number of methoxy groups -OCH3 is 1. The molecule has 0 aliphatic heterocycles. The Morgan fingerprint density at radius 1 is 0.508 bits per heavy atom. The molecular formula is C45H89NO11Si8. The highest BCUT2D eigenvalue weighted by Crippen LogP contribution is 2.60. The highest BCUT2D eigenvalue weighted by molar-refractivity contribution is 6.27. The Morgan fingerprint density at radius 3 is 1.15 bits per heavy atom. The van der Waals surface area contributed by atoms with Gasteiger partial charge in [-0.25, -0.2) is 4.79 Å². The van der Waals surface area contributed by atoms with Crippen LogP contribution in [0.3, 0.4) is 0 Å². The Bertz CT molecular complexity index is 1640. The van der Waals surface area contributed by atoms with E-state index in [0.717, 1.165) is 22.3 Å². The minimum atomic E-state index is -0.939. The van der Waals surface area contributed by atoms with Gasteiger partial charge in [0, 0.05) is 53.0 Å². The Morgan fingerprint density at radius 2 is 0.815 bits per heavy atom. The number of carbonyl (C=O) groups is 1. The maximum Gasteiger partial charge on any atom is 0.408 e. The van der Waals surface area contributed by atoms with Crippen molar-refractivity contribution in [1.82, 2.24) is 5.32 Å². The average Bonchev–Trinajstić information content (AvgIpc) is 3.57. The van der Waals surface area contributed by atoms with E-state index in [-0.39, 0.29) is 30.2 Å². The van der Waals surface area contributed by atoms with Crippen LogP contribution in [0.2, 0.25) is 52.4 Å². The van der Waals surface area contributed by atoms with Crippen molar-refractivity contribution in [3.05, 3.63) is 59.7 Å². The SMILES string of the molecule is COCC(C(C(C(CNC(=O)OC1c2ccccc2-c2ccccc21)C(C)(C)C(O[SiH2]C)O[SiH2]C)C(C)(C)C(O[SiH2]C)O[SiH2]C)C(C)(C)C(O[SiH2]C)O[SiH2]C)C(C)(C)C(O[SiH2]C)O[SiH2]C. The van der Waals surface area contributed by atoms with Crippen LogP contribution in [0.4, 0.5) is 4.79 Å². The molecule has 2 aromatic rings. The standard InChI is InChI=1S/C45H89NO11Si8/c1-42(2,37(50-58-10)51-59-11)32(26-46-41(47)49-36-30-24-20-18-22-28(30)29-23-19-21-25-31(29)36)34(44(5,6)39(54-62-14)55-63-15)35(45(7,8)40(56-64-16)57-65-17)33(27-48-9)43(3,4)38(52-60-12)53-61-13/h18-25,32-40H,26-27,58-65H2,1-17H3,(H,46,47). The van der Waals surface area contributed by atoms with Gasteiger partial charge in [0.15, 0.2) is 84.2 Å². The summed E-state index contributed by atoms with van der Waals surface area (Å²) < 4.78 is 67.3. The topological polar surface area (TPSA) is 121 Å². The molecule has 1 amide bonds. The molecular weight excluding hydrogens is 955 g/mol. The Balaban J connectivity index is 2.50.